The Balaban J connectivity index is 1.71. The molecule has 2 aromatic carbocycles. The van der Waals surface area contributed by atoms with Gasteiger partial charge in [-0.25, -0.2) is 8.42 Å². The number of fused-ring (bicyclic) bond motifs is 1. The maximum absolute atomic E-state index is 13.3. The second-order valence-corrected chi connectivity index (χ2v) is 10.9. The summed E-state index contributed by atoms with van der Waals surface area (Å²) in [5.74, 6) is 0.613. The summed E-state index contributed by atoms with van der Waals surface area (Å²) in [6, 6.07) is 12.1. The number of benzene rings is 2. The molecule has 1 aliphatic rings. The van der Waals surface area contributed by atoms with Crippen LogP contribution >= 0.6 is 0 Å². The zero-order chi connectivity index (χ0) is 26.3. The van der Waals surface area contributed by atoms with Crippen LogP contribution in [-0.2, 0) is 26.2 Å². The van der Waals surface area contributed by atoms with Crippen LogP contribution in [0.3, 0.4) is 0 Å². The maximum atomic E-state index is 13.3. The van der Waals surface area contributed by atoms with Crippen LogP contribution < -0.4 is 19.1 Å². The number of anilines is 1. The van der Waals surface area contributed by atoms with Crippen molar-refractivity contribution in [3.05, 3.63) is 53.6 Å². The Bertz CT molecular complexity index is 1170. The average Bonchev–Trinajstić information content (AvgIpc) is 3.31. The molecule has 2 aromatic rings. The zero-order valence-corrected chi connectivity index (χ0v) is 22.1. The lowest BCUT2D eigenvalue weighted by atomic mass is 10.1. The fourth-order valence-electron chi connectivity index (χ4n) is 3.91. The van der Waals surface area contributed by atoms with E-state index in [2.05, 4.69) is 5.32 Å². The molecule has 1 N–H and O–H groups in total. The van der Waals surface area contributed by atoms with Gasteiger partial charge in [0.15, 0.2) is 11.5 Å². The van der Waals surface area contributed by atoms with Gasteiger partial charge in [0.2, 0.25) is 28.6 Å². The van der Waals surface area contributed by atoms with E-state index in [0.717, 1.165) is 23.8 Å². The highest BCUT2D eigenvalue weighted by atomic mass is 32.2. The lowest BCUT2D eigenvalue weighted by Crippen LogP contribution is -2.47. The summed E-state index contributed by atoms with van der Waals surface area (Å²) in [4.78, 5) is 27.5. The summed E-state index contributed by atoms with van der Waals surface area (Å²) in [5.41, 5.74) is 2.47. The number of carbonyl (C=O) groups is 2. The number of carbonyl (C=O) groups excluding carboxylic acids is 2. The predicted octanol–water partition coefficient (Wildman–Crippen LogP) is 3.21. The smallest absolute Gasteiger partial charge is 0.242 e. The van der Waals surface area contributed by atoms with Crippen LogP contribution in [0.2, 0.25) is 0 Å². The van der Waals surface area contributed by atoms with Gasteiger partial charge in [-0.15, -0.1) is 0 Å². The second-order valence-electron chi connectivity index (χ2n) is 8.95. The molecule has 0 fully saturated rings. The summed E-state index contributed by atoms with van der Waals surface area (Å²) in [5, 5.41) is 2.86. The fourth-order valence-corrected chi connectivity index (χ4v) is 4.87. The van der Waals surface area contributed by atoms with Crippen molar-refractivity contribution in [3.63, 3.8) is 0 Å². The zero-order valence-electron chi connectivity index (χ0n) is 21.3. The van der Waals surface area contributed by atoms with Gasteiger partial charge < -0.3 is 19.7 Å². The second kappa shape index (κ2) is 12.1. The van der Waals surface area contributed by atoms with E-state index >= 15 is 0 Å². The molecule has 36 heavy (non-hydrogen) atoms. The molecular formula is C26H35N3O6S. The van der Waals surface area contributed by atoms with Gasteiger partial charge in [-0.3, -0.25) is 13.9 Å². The number of hydrogen-bond donors (Lipinski definition) is 1. The number of nitrogens with zero attached hydrogens (tertiary/aromatic N) is 2. The van der Waals surface area contributed by atoms with Gasteiger partial charge in [-0.05, 0) is 44.4 Å². The molecule has 1 heterocycles. The summed E-state index contributed by atoms with van der Waals surface area (Å²) in [7, 11) is -3.60. The molecule has 0 saturated carbocycles. The van der Waals surface area contributed by atoms with Crippen molar-refractivity contribution in [2.24, 2.45) is 0 Å². The van der Waals surface area contributed by atoms with E-state index < -0.39 is 16.1 Å². The summed E-state index contributed by atoms with van der Waals surface area (Å²) in [6.07, 6.45) is 2.30. The van der Waals surface area contributed by atoms with Gasteiger partial charge in [0.25, 0.3) is 0 Å². The van der Waals surface area contributed by atoms with E-state index in [4.69, 9.17) is 9.47 Å². The molecule has 0 saturated heterocycles. The molecule has 0 radical (unpaired) electrons. The predicted molar refractivity (Wildman–Crippen MR) is 138 cm³/mol. The Morgan fingerprint density at radius 3 is 2.44 bits per heavy atom. The van der Waals surface area contributed by atoms with Gasteiger partial charge in [0.05, 0.1) is 11.9 Å². The van der Waals surface area contributed by atoms with Crippen LogP contribution in [0.5, 0.6) is 11.5 Å². The van der Waals surface area contributed by atoms with Gasteiger partial charge in [0.1, 0.15) is 6.04 Å². The molecule has 9 nitrogen and oxygen atoms in total. The topological polar surface area (TPSA) is 105 Å². The minimum absolute atomic E-state index is 0.0903. The third-order valence-electron chi connectivity index (χ3n) is 5.99. The number of aryl methyl sites for hydroxylation is 1. The Morgan fingerprint density at radius 1 is 1.08 bits per heavy atom. The molecule has 10 heteroatoms. The molecule has 1 aliphatic heterocycles. The fraction of sp³-hybridized carbons (Fsp3) is 0.462. The highest BCUT2D eigenvalue weighted by Gasteiger charge is 2.27. The Hall–Kier alpha value is -3.27. The van der Waals surface area contributed by atoms with Gasteiger partial charge >= 0.3 is 0 Å². The van der Waals surface area contributed by atoms with Crippen molar-refractivity contribution in [3.8, 4) is 11.5 Å². The van der Waals surface area contributed by atoms with Crippen LogP contribution in [0.1, 0.15) is 44.2 Å². The van der Waals surface area contributed by atoms with Crippen molar-refractivity contribution < 1.29 is 27.5 Å². The van der Waals surface area contributed by atoms with Crippen LogP contribution in [0, 0.1) is 6.92 Å². The van der Waals surface area contributed by atoms with Gasteiger partial charge in [0, 0.05) is 32.1 Å². The molecule has 0 aliphatic carbocycles. The quantitative estimate of drug-likeness (QED) is 0.464. The van der Waals surface area contributed by atoms with Crippen LogP contribution in [0.15, 0.2) is 42.5 Å². The van der Waals surface area contributed by atoms with Crippen molar-refractivity contribution in [2.75, 3.05) is 30.4 Å². The highest BCUT2D eigenvalue weighted by molar-refractivity contribution is 7.92. The number of nitrogens with one attached hydrogen (secondary N) is 1. The Morgan fingerprint density at radius 2 is 1.78 bits per heavy atom. The number of amides is 2. The van der Waals surface area contributed by atoms with Crippen LogP contribution in [-0.4, -0.2) is 57.3 Å². The Labute approximate surface area is 213 Å². The molecule has 1 atom stereocenters. The van der Waals surface area contributed by atoms with Crippen molar-refractivity contribution in [2.45, 2.75) is 52.6 Å². The average molecular weight is 518 g/mol. The molecule has 2 amide bonds. The first-order valence-corrected chi connectivity index (χ1v) is 13.9. The third kappa shape index (κ3) is 7.13. The normalized spacial score (nSPS) is 13.2. The van der Waals surface area contributed by atoms with E-state index in [0.29, 0.717) is 23.7 Å². The van der Waals surface area contributed by atoms with Crippen molar-refractivity contribution in [1.82, 2.24) is 10.2 Å². The highest BCUT2D eigenvalue weighted by Crippen LogP contribution is 2.36. The van der Waals surface area contributed by atoms with E-state index in [1.54, 1.807) is 30.0 Å². The number of ether oxygens (including phenoxy) is 2. The number of rotatable bonds is 12. The van der Waals surface area contributed by atoms with Crippen molar-refractivity contribution >= 4 is 27.5 Å². The molecule has 0 bridgehead atoms. The van der Waals surface area contributed by atoms with Gasteiger partial charge in [-0.2, -0.15) is 0 Å². The molecule has 0 unspecified atom stereocenters. The van der Waals surface area contributed by atoms with Gasteiger partial charge in [-0.1, -0.05) is 36.8 Å². The molecule has 196 valence electrons. The summed E-state index contributed by atoms with van der Waals surface area (Å²) >= 11 is 0. The minimum atomic E-state index is -3.60. The lowest BCUT2D eigenvalue weighted by molar-refractivity contribution is -0.140. The minimum Gasteiger partial charge on any atom is -0.454 e. The first-order chi connectivity index (χ1) is 17.1. The molecule has 0 aromatic heterocycles. The molecule has 0 spiro atoms. The summed E-state index contributed by atoms with van der Waals surface area (Å²) < 4.78 is 37.0. The van der Waals surface area contributed by atoms with Crippen LogP contribution in [0.25, 0.3) is 0 Å². The van der Waals surface area contributed by atoms with Crippen molar-refractivity contribution in [1.29, 1.82) is 0 Å². The van der Waals surface area contributed by atoms with E-state index in [1.807, 2.05) is 38.1 Å². The third-order valence-corrected chi connectivity index (χ3v) is 7.18. The largest absolute Gasteiger partial charge is 0.454 e. The maximum Gasteiger partial charge on any atom is 0.242 e. The first kappa shape index (κ1) is 27.3. The van der Waals surface area contributed by atoms with E-state index in [1.165, 1.54) is 4.31 Å². The summed E-state index contributed by atoms with van der Waals surface area (Å²) in [6.45, 7) is 6.69. The first-order valence-electron chi connectivity index (χ1n) is 12.1. The monoisotopic (exact) mass is 517 g/mol. The number of sulfonamides is 1. The Kier molecular flexibility index (Phi) is 9.19. The standard InChI is InChI=1S/C26H35N3O6S/c1-5-14-27-26(31)20(3)28(17-21-10-8-19(2)9-11-21)25(30)7-6-15-29(36(4,32)33)22-12-13-23-24(16-22)35-18-34-23/h8-13,16,20H,5-7,14-15,17-18H2,1-4H3,(H,27,31)/t20-/m0/s1. The molecule has 3 rings (SSSR count). The number of hydrogen-bond acceptors (Lipinski definition) is 6. The van der Waals surface area contributed by atoms with Crippen LogP contribution in [0.4, 0.5) is 5.69 Å². The SMILES string of the molecule is CCCNC(=O)[C@H](C)N(Cc1ccc(C)cc1)C(=O)CCCN(c1ccc2c(c1)OCO2)S(C)(=O)=O. The van der Waals surface area contributed by atoms with E-state index in [-0.39, 0.29) is 44.5 Å². The van der Waals surface area contributed by atoms with E-state index in [9.17, 15) is 18.0 Å². The lowest BCUT2D eigenvalue weighted by Gasteiger charge is -2.29. The molecular weight excluding hydrogens is 482 g/mol.